The smallest absolute Gasteiger partial charge is 0.364 e. The van der Waals surface area contributed by atoms with E-state index >= 15 is 0 Å². The molecule has 19 heavy (non-hydrogen) atoms. The lowest BCUT2D eigenvalue weighted by Gasteiger charge is -2.46. The fourth-order valence-electron chi connectivity index (χ4n) is 2.02. The first-order chi connectivity index (χ1) is 8.66. The van der Waals surface area contributed by atoms with Crippen LogP contribution in [0.25, 0.3) is 0 Å². The van der Waals surface area contributed by atoms with E-state index in [2.05, 4.69) is 0 Å². The Balaban J connectivity index is 3.04. The molecule has 0 aromatic heterocycles. The van der Waals surface area contributed by atoms with Crippen LogP contribution in [-0.4, -0.2) is 79.5 Å². The van der Waals surface area contributed by atoms with E-state index in [1.54, 1.807) is 0 Å². The Morgan fingerprint density at radius 3 is 2.42 bits per heavy atom. The Morgan fingerprint density at radius 1 is 1.47 bits per heavy atom. The van der Waals surface area contributed by atoms with Crippen molar-refractivity contribution in [2.45, 2.75) is 43.2 Å². The lowest BCUT2D eigenvalue weighted by Crippen LogP contribution is -2.69. The van der Waals surface area contributed by atoms with Gasteiger partial charge in [-0.05, 0) is 0 Å². The summed E-state index contributed by atoms with van der Waals surface area (Å²) in [4.78, 5) is 11.0. The molecule has 1 saturated heterocycles. The van der Waals surface area contributed by atoms with Crippen molar-refractivity contribution in [3.63, 3.8) is 0 Å². The number of rotatable bonds is 4. The molecule has 0 aromatic carbocycles. The van der Waals surface area contributed by atoms with E-state index < -0.39 is 54.7 Å². The van der Waals surface area contributed by atoms with Crippen molar-refractivity contribution in [1.82, 2.24) is 0 Å². The minimum absolute atomic E-state index is 0.815. The monoisotopic (exact) mass is 281 g/mol. The highest BCUT2D eigenvalue weighted by Gasteiger charge is 2.57. The van der Waals surface area contributed by atoms with Crippen LogP contribution >= 0.6 is 0 Å². The molecule has 2 unspecified atom stereocenters. The van der Waals surface area contributed by atoms with Gasteiger partial charge in [0.1, 0.15) is 18.3 Å². The second kappa shape index (κ2) is 5.67. The largest absolute Gasteiger partial charge is 0.477 e. The molecule has 9 heteroatoms. The molecule has 0 bridgehead atoms. The molecule has 7 atom stereocenters. The summed E-state index contributed by atoms with van der Waals surface area (Å²) in [6.07, 6.45) is -6.42. The molecule has 0 radical (unpaired) electrons. The summed E-state index contributed by atoms with van der Waals surface area (Å²) in [6, 6.07) is -1.23. The van der Waals surface area contributed by atoms with Gasteiger partial charge in [0.2, 0.25) is 0 Å². The van der Waals surface area contributed by atoms with Gasteiger partial charge in [-0.15, -0.1) is 0 Å². The Bertz CT molecular complexity index is 335. The molecule has 0 saturated carbocycles. The van der Waals surface area contributed by atoms with E-state index in [4.69, 9.17) is 20.7 Å². The average molecular weight is 281 g/mol. The van der Waals surface area contributed by atoms with E-state index in [0.717, 1.165) is 0 Å². The number of hydrogen-bond acceptors (Lipinski definition) is 8. The lowest BCUT2D eigenvalue weighted by molar-refractivity contribution is -0.315. The van der Waals surface area contributed by atoms with Crippen molar-refractivity contribution in [1.29, 1.82) is 0 Å². The number of nitrogens with two attached hydrogens (primary N) is 1. The standard InChI is InChI=1S/C10H19NO8/c1-3-6(14)5(11)8(7(15)4(13)2-12)19-10(3,18)9(16)17/h3-8,12-15,18H,2,11H2,1H3,(H,16,17)/t3?,4-,5-,6+,7-,8-,10?/m1/s1. The quantitative estimate of drug-likeness (QED) is 0.272. The topological polar surface area (TPSA) is 174 Å². The van der Waals surface area contributed by atoms with Crippen LogP contribution in [0.5, 0.6) is 0 Å². The maximum atomic E-state index is 11.0. The van der Waals surface area contributed by atoms with E-state index in [1.807, 2.05) is 0 Å². The first kappa shape index (κ1) is 16.2. The molecular formula is C10H19NO8. The molecule has 0 aromatic rings. The lowest BCUT2D eigenvalue weighted by atomic mass is 9.82. The first-order valence-electron chi connectivity index (χ1n) is 5.71. The summed E-state index contributed by atoms with van der Waals surface area (Å²) in [5.41, 5.74) is 5.60. The van der Waals surface area contributed by atoms with Gasteiger partial charge in [0.05, 0.1) is 18.8 Å². The van der Waals surface area contributed by atoms with Gasteiger partial charge in [0.25, 0.3) is 5.79 Å². The fraction of sp³-hybridized carbons (Fsp3) is 0.900. The highest BCUT2D eigenvalue weighted by atomic mass is 16.7. The van der Waals surface area contributed by atoms with Gasteiger partial charge >= 0.3 is 5.97 Å². The molecule has 1 heterocycles. The average Bonchev–Trinajstić information content (AvgIpc) is 2.38. The molecule has 1 fully saturated rings. The molecule has 0 aliphatic carbocycles. The SMILES string of the molecule is CC1[C@H](O)[C@@H](N)[C@H]([C@H](O)[C@H](O)CO)OC1(O)C(=O)O. The Labute approximate surface area is 108 Å². The van der Waals surface area contributed by atoms with Gasteiger partial charge < -0.3 is 41.1 Å². The molecule has 112 valence electrons. The van der Waals surface area contributed by atoms with Gasteiger partial charge in [-0.1, -0.05) is 6.92 Å². The van der Waals surface area contributed by atoms with Gasteiger partial charge in [0.15, 0.2) is 0 Å². The minimum atomic E-state index is -2.74. The second-order valence-electron chi connectivity index (χ2n) is 4.68. The Hall–Kier alpha value is -0.810. The molecular weight excluding hydrogens is 262 g/mol. The van der Waals surface area contributed by atoms with Crippen LogP contribution in [0.4, 0.5) is 0 Å². The van der Waals surface area contributed by atoms with Crippen LogP contribution < -0.4 is 5.73 Å². The summed E-state index contributed by atoms with van der Waals surface area (Å²) in [7, 11) is 0. The molecule has 8 N–H and O–H groups in total. The summed E-state index contributed by atoms with van der Waals surface area (Å²) >= 11 is 0. The van der Waals surface area contributed by atoms with Gasteiger partial charge in [-0.2, -0.15) is 0 Å². The van der Waals surface area contributed by atoms with E-state index in [1.165, 1.54) is 6.92 Å². The zero-order valence-electron chi connectivity index (χ0n) is 10.2. The number of aliphatic carboxylic acids is 1. The number of aliphatic hydroxyl groups excluding tert-OH is 4. The number of carboxylic acid groups (broad SMARTS) is 1. The summed E-state index contributed by atoms with van der Waals surface area (Å²) in [5, 5.41) is 56.4. The van der Waals surface area contributed by atoms with E-state index in [9.17, 15) is 25.2 Å². The summed E-state index contributed by atoms with van der Waals surface area (Å²) < 4.78 is 4.86. The normalized spacial score (nSPS) is 42.7. The zero-order valence-corrected chi connectivity index (χ0v) is 10.2. The molecule has 1 aliphatic rings. The third-order valence-corrected chi connectivity index (χ3v) is 3.44. The van der Waals surface area contributed by atoms with Gasteiger partial charge in [0, 0.05) is 5.92 Å². The van der Waals surface area contributed by atoms with Crippen molar-refractivity contribution < 1.29 is 40.2 Å². The second-order valence-corrected chi connectivity index (χ2v) is 4.68. The number of hydrogen-bond donors (Lipinski definition) is 7. The molecule has 1 aliphatic heterocycles. The number of ether oxygens (including phenoxy) is 1. The molecule has 0 spiro atoms. The zero-order chi connectivity index (χ0) is 15.0. The highest BCUT2D eigenvalue weighted by molar-refractivity contribution is 5.76. The van der Waals surface area contributed by atoms with E-state index in [-0.39, 0.29) is 0 Å². The van der Waals surface area contributed by atoms with Crippen molar-refractivity contribution in [2.24, 2.45) is 11.7 Å². The first-order valence-corrected chi connectivity index (χ1v) is 5.71. The summed E-state index contributed by atoms with van der Waals surface area (Å²) in [5.74, 6) is -5.73. The maximum absolute atomic E-state index is 11.0. The molecule has 0 amide bonds. The van der Waals surface area contributed by atoms with Crippen molar-refractivity contribution in [3.05, 3.63) is 0 Å². The Kier molecular flexibility index (Phi) is 4.85. The van der Waals surface area contributed by atoms with Crippen LogP contribution in [0, 0.1) is 5.92 Å². The number of carboxylic acids is 1. The predicted octanol–water partition coefficient (Wildman–Crippen LogP) is -3.80. The Morgan fingerprint density at radius 2 is 2.00 bits per heavy atom. The predicted molar refractivity (Wildman–Crippen MR) is 59.7 cm³/mol. The third-order valence-electron chi connectivity index (χ3n) is 3.44. The van der Waals surface area contributed by atoms with Crippen LogP contribution in [0.3, 0.4) is 0 Å². The number of aliphatic hydroxyl groups is 5. The van der Waals surface area contributed by atoms with Gasteiger partial charge in [-0.3, -0.25) is 0 Å². The number of carbonyl (C=O) groups is 1. The van der Waals surface area contributed by atoms with Crippen molar-refractivity contribution in [2.75, 3.05) is 6.61 Å². The fourth-order valence-corrected chi connectivity index (χ4v) is 2.02. The molecule has 9 nitrogen and oxygen atoms in total. The van der Waals surface area contributed by atoms with Crippen LogP contribution in [0.15, 0.2) is 0 Å². The van der Waals surface area contributed by atoms with Crippen molar-refractivity contribution in [3.8, 4) is 0 Å². The van der Waals surface area contributed by atoms with Crippen LogP contribution in [0.1, 0.15) is 6.92 Å². The maximum Gasteiger partial charge on any atom is 0.364 e. The minimum Gasteiger partial charge on any atom is -0.477 e. The van der Waals surface area contributed by atoms with Gasteiger partial charge in [-0.25, -0.2) is 4.79 Å². The van der Waals surface area contributed by atoms with E-state index in [0.29, 0.717) is 0 Å². The van der Waals surface area contributed by atoms with Crippen LogP contribution in [0.2, 0.25) is 0 Å². The van der Waals surface area contributed by atoms with Crippen molar-refractivity contribution >= 4 is 5.97 Å². The molecule has 1 rings (SSSR count). The highest BCUT2D eigenvalue weighted by Crippen LogP contribution is 2.34. The van der Waals surface area contributed by atoms with Crippen LogP contribution in [-0.2, 0) is 9.53 Å². The summed E-state index contributed by atoms with van der Waals surface area (Å²) in [6.45, 7) is 0.411. The third kappa shape index (κ3) is 2.72.